The number of carbonyl (C=O) groups is 1. The molecule has 3 rings (SSSR count). The normalized spacial score (nSPS) is 35.3. The van der Waals surface area contributed by atoms with Gasteiger partial charge in [0.05, 0.1) is 0 Å². The van der Waals surface area contributed by atoms with Gasteiger partial charge in [-0.25, -0.2) is 4.79 Å². The lowest BCUT2D eigenvalue weighted by molar-refractivity contribution is -0.293. The predicted octanol–water partition coefficient (Wildman–Crippen LogP) is 4.94. The van der Waals surface area contributed by atoms with Crippen LogP contribution < -0.4 is 0 Å². The van der Waals surface area contributed by atoms with Crippen LogP contribution in [0, 0.1) is 17.8 Å². The van der Waals surface area contributed by atoms with Gasteiger partial charge in [0.25, 0.3) is 11.7 Å². The molecule has 1 saturated carbocycles. The van der Waals surface area contributed by atoms with Crippen LogP contribution in [0.15, 0.2) is 11.5 Å². The molecule has 0 N–H and O–H groups in total. The van der Waals surface area contributed by atoms with Crippen molar-refractivity contribution in [2.75, 3.05) is 0 Å². The van der Waals surface area contributed by atoms with Gasteiger partial charge in [0.2, 0.25) is 5.79 Å². The third-order valence-corrected chi connectivity index (χ3v) is 6.70. The van der Waals surface area contributed by atoms with Crippen molar-refractivity contribution in [2.24, 2.45) is 17.8 Å². The Morgan fingerprint density at radius 3 is 2.19 bits per heavy atom. The fraction of sp³-hybridized carbons (Fsp3) is 0.850. The zero-order chi connectivity index (χ0) is 19.3. The van der Waals surface area contributed by atoms with Crippen molar-refractivity contribution >= 4 is 14.3 Å². The summed E-state index contributed by atoms with van der Waals surface area (Å²) in [4.78, 5) is 12.7. The Bertz CT molecular complexity index is 600. The molecule has 0 aromatic carbocycles. The highest BCUT2D eigenvalue weighted by Gasteiger charge is 2.56. The summed E-state index contributed by atoms with van der Waals surface area (Å²) in [5.74, 6) is -1.24. The summed E-state index contributed by atoms with van der Waals surface area (Å²) >= 11 is 0. The van der Waals surface area contributed by atoms with Gasteiger partial charge in [-0.3, -0.25) is 0 Å². The second kappa shape index (κ2) is 6.55. The molecule has 0 saturated heterocycles. The van der Waals surface area contributed by atoms with Crippen LogP contribution >= 0.6 is 0 Å². The van der Waals surface area contributed by atoms with Crippen molar-refractivity contribution in [3.8, 4) is 0 Å². The van der Waals surface area contributed by atoms with Gasteiger partial charge in [-0.2, -0.15) is 0 Å². The molecule has 5 nitrogen and oxygen atoms in total. The van der Waals surface area contributed by atoms with Crippen LogP contribution in [0.2, 0.25) is 19.6 Å². The van der Waals surface area contributed by atoms with Crippen LogP contribution in [0.25, 0.3) is 0 Å². The molecular weight excluding hydrogens is 348 g/mol. The molecule has 0 radical (unpaired) electrons. The fourth-order valence-corrected chi connectivity index (χ4v) is 6.41. The van der Waals surface area contributed by atoms with Crippen LogP contribution in [0.1, 0.15) is 59.8 Å². The molecular formula is C20H34O5Si. The molecule has 2 heterocycles. The number of hydrogen-bond donors (Lipinski definition) is 0. The first-order valence-corrected chi connectivity index (χ1v) is 13.4. The maximum Gasteiger partial charge on any atom is 0.344 e. The summed E-state index contributed by atoms with van der Waals surface area (Å²) in [6.45, 7) is 14.1. The second-order valence-electron chi connectivity index (χ2n) is 9.64. The molecule has 148 valence electrons. The topological polar surface area (TPSA) is 54.0 Å². The summed E-state index contributed by atoms with van der Waals surface area (Å²) in [5.41, 5.74) is 0.538. The third kappa shape index (κ3) is 3.81. The van der Waals surface area contributed by atoms with Gasteiger partial charge in [-0.15, -0.1) is 0 Å². The molecule has 26 heavy (non-hydrogen) atoms. The maximum absolute atomic E-state index is 12.7. The molecule has 1 aliphatic carbocycles. The maximum atomic E-state index is 12.7. The van der Waals surface area contributed by atoms with E-state index in [1.54, 1.807) is 13.8 Å². The minimum atomic E-state index is -1.88. The van der Waals surface area contributed by atoms with Crippen molar-refractivity contribution in [1.29, 1.82) is 0 Å². The minimum absolute atomic E-state index is 0.0215. The Morgan fingerprint density at radius 2 is 1.62 bits per heavy atom. The standard InChI is InChI=1S/C20H34O5Si/c1-13-15-17(21)22-19(2,3)23-18(15)24-20(4,25-26(5,6)7)16(13)14-11-9-8-10-12-14/h13-14,16H,8-12H2,1-7H3. The van der Waals surface area contributed by atoms with Crippen molar-refractivity contribution in [3.63, 3.8) is 0 Å². The van der Waals surface area contributed by atoms with Gasteiger partial charge in [-0.05, 0) is 38.4 Å². The Kier molecular flexibility index (Phi) is 4.97. The average Bonchev–Trinajstić information content (AvgIpc) is 2.43. The highest BCUT2D eigenvalue weighted by molar-refractivity contribution is 6.69. The van der Waals surface area contributed by atoms with Gasteiger partial charge in [-0.1, -0.05) is 26.2 Å². The zero-order valence-electron chi connectivity index (χ0n) is 17.3. The highest BCUT2D eigenvalue weighted by atomic mass is 28.4. The van der Waals surface area contributed by atoms with E-state index in [0.29, 0.717) is 17.4 Å². The fourth-order valence-electron chi connectivity index (χ4n) is 5.02. The first-order chi connectivity index (χ1) is 11.9. The van der Waals surface area contributed by atoms with E-state index < -0.39 is 19.9 Å². The minimum Gasteiger partial charge on any atom is -0.433 e. The Hall–Kier alpha value is -1.01. The van der Waals surface area contributed by atoms with Crippen LogP contribution in [0.4, 0.5) is 0 Å². The molecule has 2 aliphatic heterocycles. The number of rotatable bonds is 3. The molecule has 6 heteroatoms. The Balaban J connectivity index is 2.03. The molecule has 0 spiro atoms. The van der Waals surface area contributed by atoms with Crippen LogP contribution in [-0.2, 0) is 23.4 Å². The molecule has 0 bridgehead atoms. The number of esters is 1. The van der Waals surface area contributed by atoms with Crippen LogP contribution in [0.5, 0.6) is 0 Å². The van der Waals surface area contributed by atoms with Crippen molar-refractivity contribution in [1.82, 2.24) is 0 Å². The van der Waals surface area contributed by atoms with E-state index >= 15 is 0 Å². The number of ether oxygens (including phenoxy) is 3. The summed E-state index contributed by atoms with van der Waals surface area (Å²) < 4.78 is 24.4. The molecule has 3 atom stereocenters. The van der Waals surface area contributed by atoms with Crippen molar-refractivity contribution in [2.45, 2.75) is 91.0 Å². The lowest BCUT2D eigenvalue weighted by Crippen LogP contribution is -2.57. The van der Waals surface area contributed by atoms with E-state index in [9.17, 15) is 4.79 Å². The molecule has 1 fully saturated rings. The predicted molar refractivity (Wildman–Crippen MR) is 101 cm³/mol. The van der Waals surface area contributed by atoms with Gasteiger partial charge in [0.1, 0.15) is 5.57 Å². The summed E-state index contributed by atoms with van der Waals surface area (Å²) in [6, 6.07) is 0. The quantitative estimate of drug-likeness (QED) is 0.511. The average molecular weight is 383 g/mol. The number of carbonyl (C=O) groups excluding carboxylic acids is 1. The van der Waals surface area contributed by atoms with Crippen LogP contribution in [0.3, 0.4) is 0 Å². The number of cyclic esters (lactones) is 1. The van der Waals surface area contributed by atoms with E-state index in [4.69, 9.17) is 18.6 Å². The van der Waals surface area contributed by atoms with E-state index in [1.807, 2.05) is 6.92 Å². The SMILES string of the molecule is CC1C2=C(OC(C)(C)OC2=O)OC(C)(O[Si](C)(C)C)C1C1CCCCC1. The molecule has 0 aromatic rings. The largest absolute Gasteiger partial charge is 0.433 e. The van der Waals surface area contributed by atoms with Gasteiger partial charge < -0.3 is 18.6 Å². The van der Waals surface area contributed by atoms with E-state index in [-0.39, 0.29) is 17.8 Å². The van der Waals surface area contributed by atoms with Gasteiger partial charge >= 0.3 is 5.97 Å². The molecule has 0 aromatic heterocycles. The van der Waals surface area contributed by atoms with Crippen LogP contribution in [-0.4, -0.2) is 25.9 Å². The Morgan fingerprint density at radius 1 is 1.00 bits per heavy atom. The molecule has 3 aliphatic rings. The molecule has 0 amide bonds. The third-order valence-electron chi connectivity index (χ3n) is 5.68. The highest BCUT2D eigenvalue weighted by Crippen LogP contribution is 2.51. The summed E-state index contributed by atoms with van der Waals surface area (Å²) in [7, 11) is -1.88. The summed E-state index contributed by atoms with van der Waals surface area (Å²) in [5, 5.41) is 0. The Labute approximate surface area is 158 Å². The van der Waals surface area contributed by atoms with E-state index in [0.717, 1.165) is 12.8 Å². The second-order valence-corrected chi connectivity index (χ2v) is 14.1. The van der Waals surface area contributed by atoms with E-state index in [1.165, 1.54) is 19.3 Å². The van der Waals surface area contributed by atoms with Crippen molar-refractivity contribution < 1.29 is 23.4 Å². The monoisotopic (exact) mass is 382 g/mol. The first kappa shape index (κ1) is 19.7. The smallest absolute Gasteiger partial charge is 0.344 e. The van der Waals surface area contributed by atoms with Gasteiger partial charge in [0.15, 0.2) is 8.32 Å². The van der Waals surface area contributed by atoms with E-state index in [2.05, 4.69) is 26.6 Å². The lowest BCUT2D eigenvalue weighted by Gasteiger charge is -2.52. The summed E-state index contributed by atoms with van der Waals surface area (Å²) in [6.07, 6.45) is 6.07. The van der Waals surface area contributed by atoms with Crippen molar-refractivity contribution in [3.05, 3.63) is 11.5 Å². The van der Waals surface area contributed by atoms with Gasteiger partial charge in [0, 0.05) is 32.6 Å². The number of hydrogen-bond acceptors (Lipinski definition) is 5. The molecule has 3 unspecified atom stereocenters. The first-order valence-electron chi connectivity index (χ1n) is 9.97. The lowest BCUT2D eigenvalue weighted by atomic mass is 9.68. The zero-order valence-corrected chi connectivity index (χ0v) is 18.3.